The number of hydrogen-bond acceptors (Lipinski definition) is 3. The van der Waals surface area contributed by atoms with Crippen molar-refractivity contribution in [3.63, 3.8) is 0 Å². The van der Waals surface area contributed by atoms with Gasteiger partial charge in [0.2, 0.25) is 0 Å². The van der Waals surface area contributed by atoms with Gasteiger partial charge in [-0.1, -0.05) is 6.07 Å². The summed E-state index contributed by atoms with van der Waals surface area (Å²) in [6, 6.07) is 3.82. The van der Waals surface area contributed by atoms with Crippen molar-refractivity contribution in [3.8, 4) is 0 Å². The third kappa shape index (κ3) is 6.05. The molecule has 0 aliphatic carbocycles. The van der Waals surface area contributed by atoms with E-state index in [-0.39, 0.29) is 6.04 Å². The van der Waals surface area contributed by atoms with E-state index in [1.807, 2.05) is 17.5 Å². The number of nitrogens with zero attached hydrogens (tertiary/aromatic N) is 1. The summed E-state index contributed by atoms with van der Waals surface area (Å²) >= 11 is 1.64. The molecule has 6 heteroatoms. The SMILES string of the molecule is CC(CNCc1cccs1)N(C)CC(F)(F)F. The second-order valence-electron chi connectivity index (χ2n) is 4.09. The minimum Gasteiger partial charge on any atom is -0.310 e. The van der Waals surface area contributed by atoms with Gasteiger partial charge in [0.1, 0.15) is 0 Å². The molecule has 1 atom stereocenters. The Bertz CT molecular complexity index is 311. The van der Waals surface area contributed by atoms with Crippen LogP contribution in [0.4, 0.5) is 13.2 Å². The lowest BCUT2D eigenvalue weighted by Gasteiger charge is -2.25. The van der Waals surface area contributed by atoms with Crippen LogP contribution >= 0.6 is 11.3 Å². The average Bonchev–Trinajstić information content (AvgIpc) is 2.67. The zero-order chi connectivity index (χ0) is 12.9. The molecule has 1 N–H and O–H groups in total. The Morgan fingerprint density at radius 2 is 2.18 bits per heavy atom. The van der Waals surface area contributed by atoms with E-state index in [2.05, 4.69) is 5.32 Å². The van der Waals surface area contributed by atoms with Gasteiger partial charge in [-0.05, 0) is 25.4 Å². The molecule has 0 aliphatic rings. The molecule has 0 amide bonds. The Kier molecular flexibility index (Phi) is 5.42. The molecule has 0 fully saturated rings. The number of halogens is 3. The highest BCUT2D eigenvalue weighted by molar-refractivity contribution is 7.09. The second-order valence-corrected chi connectivity index (χ2v) is 5.12. The maximum atomic E-state index is 12.2. The fourth-order valence-corrected chi connectivity index (χ4v) is 2.09. The first-order chi connectivity index (χ1) is 7.88. The Labute approximate surface area is 103 Å². The highest BCUT2D eigenvalue weighted by Crippen LogP contribution is 2.16. The minimum atomic E-state index is -4.13. The van der Waals surface area contributed by atoms with Crippen LogP contribution in [0.2, 0.25) is 0 Å². The molecule has 0 aromatic carbocycles. The van der Waals surface area contributed by atoms with E-state index in [4.69, 9.17) is 0 Å². The van der Waals surface area contributed by atoms with Crippen LogP contribution in [0.25, 0.3) is 0 Å². The number of rotatable bonds is 6. The first kappa shape index (κ1) is 14.5. The smallest absolute Gasteiger partial charge is 0.310 e. The quantitative estimate of drug-likeness (QED) is 0.851. The van der Waals surface area contributed by atoms with Gasteiger partial charge in [-0.3, -0.25) is 4.90 Å². The molecular formula is C11H17F3N2S. The van der Waals surface area contributed by atoms with Crippen molar-refractivity contribution in [1.82, 2.24) is 10.2 Å². The van der Waals surface area contributed by atoms with Crippen LogP contribution in [0.5, 0.6) is 0 Å². The summed E-state index contributed by atoms with van der Waals surface area (Å²) in [6.45, 7) is 2.17. The van der Waals surface area contributed by atoms with Crippen molar-refractivity contribution in [2.24, 2.45) is 0 Å². The van der Waals surface area contributed by atoms with Gasteiger partial charge in [-0.2, -0.15) is 13.2 Å². The van der Waals surface area contributed by atoms with Gasteiger partial charge in [0.05, 0.1) is 6.54 Å². The molecule has 1 rings (SSSR count). The van der Waals surface area contributed by atoms with E-state index in [0.29, 0.717) is 13.1 Å². The lowest BCUT2D eigenvalue weighted by Crippen LogP contribution is -2.42. The average molecular weight is 266 g/mol. The third-order valence-corrected chi connectivity index (χ3v) is 3.38. The molecule has 1 heterocycles. The fraction of sp³-hybridized carbons (Fsp3) is 0.636. The van der Waals surface area contributed by atoms with Gasteiger partial charge < -0.3 is 5.32 Å². The molecule has 2 nitrogen and oxygen atoms in total. The fourth-order valence-electron chi connectivity index (χ4n) is 1.41. The van der Waals surface area contributed by atoms with Gasteiger partial charge in [0, 0.05) is 24.0 Å². The summed E-state index contributed by atoms with van der Waals surface area (Å²) in [7, 11) is 1.49. The summed E-state index contributed by atoms with van der Waals surface area (Å²) in [4.78, 5) is 2.50. The Morgan fingerprint density at radius 3 is 2.71 bits per heavy atom. The first-order valence-electron chi connectivity index (χ1n) is 5.38. The minimum absolute atomic E-state index is 0.142. The predicted molar refractivity (Wildman–Crippen MR) is 64.2 cm³/mol. The Morgan fingerprint density at radius 1 is 1.47 bits per heavy atom. The normalized spacial score (nSPS) is 14.2. The van der Waals surface area contributed by atoms with Gasteiger partial charge in [0.25, 0.3) is 0 Å². The molecule has 1 aromatic rings. The summed E-state index contributed by atoms with van der Waals surface area (Å²) in [5, 5.41) is 5.14. The van der Waals surface area contributed by atoms with E-state index < -0.39 is 12.7 Å². The zero-order valence-corrected chi connectivity index (χ0v) is 10.7. The van der Waals surface area contributed by atoms with Gasteiger partial charge in [-0.15, -0.1) is 11.3 Å². The number of alkyl halides is 3. The zero-order valence-electron chi connectivity index (χ0n) is 9.92. The Balaban J connectivity index is 2.22. The van der Waals surface area contributed by atoms with E-state index in [1.54, 1.807) is 18.3 Å². The van der Waals surface area contributed by atoms with Gasteiger partial charge in [-0.25, -0.2) is 0 Å². The van der Waals surface area contributed by atoms with E-state index in [0.717, 1.165) is 0 Å². The molecule has 0 spiro atoms. The van der Waals surface area contributed by atoms with Crippen molar-refractivity contribution in [2.45, 2.75) is 25.7 Å². The predicted octanol–water partition coefficient (Wildman–Crippen LogP) is 2.72. The van der Waals surface area contributed by atoms with Crippen LogP contribution in [-0.2, 0) is 6.54 Å². The number of nitrogens with one attached hydrogen (secondary N) is 1. The molecule has 98 valence electrons. The highest BCUT2D eigenvalue weighted by Gasteiger charge is 2.30. The molecule has 0 bridgehead atoms. The van der Waals surface area contributed by atoms with Gasteiger partial charge in [0.15, 0.2) is 0 Å². The maximum Gasteiger partial charge on any atom is 0.401 e. The molecule has 0 saturated carbocycles. The second kappa shape index (κ2) is 6.37. The number of thiophene rings is 1. The van der Waals surface area contributed by atoms with Crippen molar-refractivity contribution in [1.29, 1.82) is 0 Å². The summed E-state index contributed by atoms with van der Waals surface area (Å²) < 4.78 is 36.5. The first-order valence-corrected chi connectivity index (χ1v) is 6.26. The van der Waals surface area contributed by atoms with Crippen molar-refractivity contribution in [2.75, 3.05) is 20.1 Å². The Hall–Kier alpha value is -0.590. The van der Waals surface area contributed by atoms with E-state index >= 15 is 0 Å². The lowest BCUT2D eigenvalue weighted by molar-refractivity contribution is -0.146. The van der Waals surface area contributed by atoms with Crippen LogP contribution in [-0.4, -0.2) is 37.3 Å². The molecule has 17 heavy (non-hydrogen) atoms. The molecule has 0 saturated heterocycles. The van der Waals surface area contributed by atoms with Crippen LogP contribution in [0.3, 0.4) is 0 Å². The van der Waals surface area contributed by atoms with Crippen molar-refractivity contribution in [3.05, 3.63) is 22.4 Å². The molecular weight excluding hydrogens is 249 g/mol. The van der Waals surface area contributed by atoms with Crippen LogP contribution < -0.4 is 5.32 Å². The van der Waals surface area contributed by atoms with Crippen LogP contribution in [0.15, 0.2) is 17.5 Å². The van der Waals surface area contributed by atoms with E-state index in [1.165, 1.54) is 16.8 Å². The standard InChI is InChI=1S/C11H17F3N2S/c1-9(16(2)8-11(12,13)14)6-15-7-10-4-3-5-17-10/h3-5,9,15H,6-8H2,1-2H3. The summed E-state index contributed by atoms with van der Waals surface area (Å²) in [5.74, 6) is 0. The summed E-state index contributed by atoms with van der Waals surface area (Å²) in [5.41, 5.74) is 0. The molecule has 0 aliphatic heterocycles. The van der Waals surface area contributed by atoms with E-state index in [9.17, 15) is 13.2 Å². The maximum absolute atomic E-state index is 12.2. The van der Waals surface area contributed by atoms with Crippen LogP contribution in [0.1, 0.15) is 11.8 Å². The molecule has 0 radical (unpaired) electrons. The number of hydrogen-bond donors (Lipinski definition) is 1. The third-order valence-electron chi connectivity index (χ3n) is 2.50. The molecule has 1 aromatic heterocycles. The summed E-state index contributed by atoms with van der Waals surface area (Å²) in [6.07, 6.45) is -4.13. The van der Waals surface area contributed by atoms with Crippen molar-refractivity contribution >= 4 is 11.3 Å². The van der Waals surface area contributed by atoms with Gasteiger partial charge >= 0.3 is 6.18 Å². The highest BCUT2D eigenvalue weighted by atomic mass is 32.1. The van der Waals surface area contributed by atoms with Crippen molar-refractivity contribution < 1.29 is 13.2 Å². The largest absolute Gasteiger partial charge is 0.401 e. The topological polar surface area (TPSA) is 15.3 Å². The monoisotopic (exact) mass is 266 g/mol. The number of likely N-dealkylation sites (N-methyl/N-ethyl adjacent to an activating group) is 1. The van der Waals surface area contributed by atoms with Crippen LogP contribution in [0, 0.1) is 0 Å². The lowest BCUT2D eigenvalue weighted by atomic mass is 10.3. The molecule has 1 unspecified atom stereocenters.